The molecule has 3 N–H and O–H groups in total. The number of rotatable bonds is 7. The van der Waals surface area contributed by atoms with Crippen LogP contribution in [0.25, 0.3) is 0 Å². The molecule has 0 amide bonds. The third-order valence-corrected chi connectivity index (χ3v) is 4.41. The van der Waals surface area contributed by atoms with Crippen LogP contribution in [0.2, 0.25) is 0 Å². The van der Waals surface area contributed by atoms with Crippen LogP contribution in [0.1, 0.15) is 38.2 Å². The highest BCUT2D eigenvalue weighted by Gasteiger charge is 2.42. The molecule has 1 aliphatic carbocycles. The predicted molar refractivity (Wildman–Crippen MR) is 80.6 cm³/mol. The minimum Gasteiger partial charge on any atom is -0.494 e. The molecule has 1 unspecified atom stereocenters. The number of benzene rings is 1. The first-order chi connectivity index (χ1) is 10.2. The van der Waals surface area contributed by atoms with Crippen LogP contribution in [0, 0.1) is 5.82 Å². The Morgan fingerprint density at radius 2 is 2.10 bits per heavy atom. The minimum atomic E-state index is -0.315. The second kappa shape index (κ2) is 7.20. The highest BCUT2D eigenvalue weighted by molar-refractivity contribution is 5.32. The lowest BCUT2D eigenvalue weighted by Gasteiger charge is -2.37. The number of halogens is 1. The molecule has 118 valence electrons. The van der Waals surface area contributed by atoms with Crippen molar-refractivity contribution in [2.24, 2.45) is 5.84 Å². The molecule has 1 saturated carbocycles. The van der Waals surface area contributed by atoms with Gasteiger partial charge in [0, 0.05) is 6.61 Å². The standard InChI is InChI=1S/C16H25FN2O2/c1-3-21-16(9-4-5-10-16)14(19-18)11-12-7-6-8-13(20-2)15(12)17/h6-8,14,19H,3-5,9-11,18H2,1-2H3. The molecule has 0 aliphatic heterocycles. The Morgan fingerprint density at radius 3 is 2.67 bits per heavy atom. The Hall–Kier alpha value is -1.17. The van der Waals surface area contributed by atoms with E-state index in [0.29, 0.717) is 18.6 Å². The van der Waals surface area contributed by atoms with Crippen LogP contribution < -0.4 is 16.0 Å². The molecule has 0 saturated heterocycles. The number of ether oxygens (including phenoxy) is 2. The van der Waals surface area contributed by atoms with Gasteiger partial charge >= 0.3 is 0 Å². The summed E-state index contributed by atoms with van der Waals surface area (Å²) in [6.07, 6.45) is 4.65. The van der Waals surface area contributed by atoms with Gasteiger partial charge in [-0.05, 0) is 37.8 Å². The number of hydrogen-bond donors (Lipinski definition) is 2. The van der Waals surface area contributed by atoms with Crippen LogP contribution in [0.4, 0.5) is 4.39 Å². The first-order valence-electron chi connectivity index (χ1n) is 7.58. The van der Waals surface area contributed by atoms with E-state index in [4.69, 9.17) is 15.3 Å². The molecule has 1 aromatic rings. The van der Waals surface area contributed by atoms with Crippen molar-refractivity contribution in [2.45, 2.75) is 50.7 Å². The molecular weight excluding hydrogens is 271 g/mol. The summed E-state index contributed by atoms with van der Waals surface area (Å²) in [5, 5.41) is 0. The highest BCUT2D eigenvalue weighted by atomic mass is 19.1. The minimum absolute atomic E-state index is 0.110. The lowest BCUT2D eigenvalue weighted by atomic mass is 9.87. The lowest BCUT2D eigenvalue weighted by molar-refractivity contribution is -0.0614. The van der Waals surface area contributed by atoms with Crippen LogP contribution in [0.3, 0.4) is 0 Å². The molecular formula is C16H25FN2O2. The zero-order valence-electron chi connectivity index (χ0n) is 12.8. The lowest BCUT2D eigenvalue weighted by Crippen LogP contribution is -2.54. The fourth-order valence-corrected chi connectivity index (χ4v) is 3.34. The number of methoxy groups -OCH3 is 1. The molecule has 21 heavy (non-hydrogen) atoms. The van der Waals surface area contributed by atoms with E-state index in [1.54, 1.807) is 18.2 Å². The molecule has 1 aliphatic rings. The summed E-state index contributed by atoms with van der Waals surface area (Å²) >= 11 is 0. The van der Waals surface area contributed by atoms with Crippen molar-refractivity contribution in [1.29, 1.82) is 0 Å². The number of hydrazine groups is 1. The average molecular weight is 296 g/mol. The highest BCUT2D eigenvalue weighted by Crippen LogP contribution is 2.37. The van der Waals surface area contributed by atoms with Crippen LogP contribution >= 0.6 is 0 Å². The van der Waals surface area contributed by atoms with Crippen molar-refractivity contribution in [3.63, 3.8) is 0 Å². The summed E-state index contributed by atoms with van der Waals surface area (Å²) in [6, 6.07) is 5.09. The van der Waals surface area contributed by atoms with Gasteiger partial charge in [-0.2, -0.15) is 0 Å². The molecule has 0 aromatic heterocycles. The van der Waals surface area contributed by atoms with Crippen LogP contribution in [0.15, 0.2) is 18.2 Å². The van der Waals surface area contributed by atoms with E-state index in [0.717, 1.165) is 25.7 Å². The molecule has 0 spiro atoms. The van der Waals surface area contributed by atoms with E-state index in [2.05, 4.69) is 5.43 Å². The van der Waals surface area contributed by atoms with Crippen molar-refractivity contribution in [3.05, 3.63) is 29.6 Å². The molecule has 4 nitrogen and oxygen atoms in total. The number of hydrogen-bond acceptors (Lipinski definition) is 4. The van der Waals surface area contributed by atoms with Gasteiger partial charge in [0.05, 0.1) is 18.8 Å². The molecule has 1 aromatic carbocycles. The molecule has 0 heterocycles. The monoisotopic (exact) mass is 296 g/mol. The fourth-order valence-electron chi connectivity index (χ4n) is 3.34. The van der Waals surface area contributed by atoms with Crippen LogP contribution in [-0.4, -0.2) is 25.4 Å². The van der Waals surface area contributed by atoms with Gasteiger partial charge in [0.25, 0.3) is 0 Å². The van der Waals surface area contributed by atoms with Crippen molar-refractivity contribution < 1.29 is 13.9 Å². The van der Waals surface area contributed by atoms with Crippen molar-refractivity contribution >= 4 is 0 Å². The Balaban J connectivity index is 2.22. The predicted octanol–water partition coefficient (Wildman–Crippen LogP) is 2.56. The maximum absolute atomic E-state index is 14.3. The SMILES string of the molecule is CCOC1(C(Cc2cccc(OC)c2F)NN)CCCC1. The Bertz CT molecular complexity index is 462. The largest absolute Gasteiger partial charge is 0.494 e. The number of nitrogens with two attached hydrogens (primary N) is 1. The van der Waals surface area contributed by atoms with Crippen molar-refractivity contribution in [2.75, 3.05) is 13.7 Å². The van der Waals surface area contributed by atoms with Gasteiger partial charge in [-0.25, -0.2) is 4.39 Å². The van der Waals surface area contributed by atoms with Gasteiger partial charge in [-0.3, -0.25) is 11.3 Å². The Labute approximate surface area is 125 Å². The molecule has 0 radical (unpaired) electrons. The first kappa shape index (κ1) is 16.2. The van der Waals surface area contributed by atoms with E-state index in [9.17, 15) is 4.39 Å². The summed E-state index contributed by atoms with van der Waals surface area (Å²) in [5.74, 6) is 5.70. The van der Waals surface area contributed by atoms with E-state index in [1.165, 1.54) is 7.11 Å². The van der Waals surface area contributed by atoms with E-state index in [-0.39, 0.29) is 23.2 Å². The number of nitrogens with one attached hydrogen (secondary N) is 1. The molecule has 1 atom stereocenters. The summed E-state index contributed by atoms with van der Waals surface area (Å²) in [4.78, 5) is 0. The normalized spacial score (nSPS) is 18.7. The van der Waals surface area contributed by atoms with E-state index >= 15 is 0 Å². The van der Waals surface area contributed by atoms with Crippen molar-refractivity contribution in [3.8, 4) is 5.75 Å². The zero-order valence-corrected chi connectivity index (χ0v) is 12.8. The second-order valence-corrected chi connectivity index (χ2v) is 5.56. The zero-order chi connectivity index (χ0) is 15.3. The van der Waals surface area contributed by atoms with E-state index < -0.39 is 0 Å². The van der Waals surface area contributed by atoms with Gasteiger partial charge in [0.2, 0.25) is 0 Å². The molecule has 5 heteroatoms. The molecule has 0 bridgehead atoms. The Kier molecular flexibility index (Phi) is 5.56. The topological polar surface area (TPSA) is 56.5 Å². The quantitative estimate of drug-likeness (QED) is 0.600. The summed E-state index contributed by atoms with van der Waals surface area (Å²) < 4.78 is 25.4. The molecule has 1 fully saturated rings. The third kappa shape index (κ3) is 3.36. The van der Waals surface area contributed by atoms with Gasteiger partial charge in [-0.1, -0.05) is 25.0 Å². The third-order valence-electron chi connectivity index (χ3n) is 4.41. The Morgan fingerprint density at radius 1 is 1.38 bits per heavy atom. The maximum atomic E-state index is 14.3. The summed E-state index contributed by atoms with van der Waals surface area (Å²) in [6.45, 7) is 2.62. The molecule has 2 rings (SSSR count). The van der Waals surface area contributed by atoms with Crippen LogP contribution in [0.5, 0.6) is 5.75 Å². The van der Waals surface area contributed by atoms with Gasteiger partial charge in [0.1, 0.15) is 0 Å². The van der Waals surface area contributed by atoms with Gasteiger partial charge < -0.3 is 9.47 Å². The summed E-state index contributed by atoms with van der Waals surface area (Å²) in [5.41, 5.74) is 3.16. The first-order valence-corrected chi connectivity index (χ1v) is 7.58. The van der Waals surface area contributed by atoms with Crippen LogP contribution in [-0.2, 0) is 11.2 Å². The summed E-state index contributed by atoms with van der Waals surface area (Å²) in [7, 11) is 1.47. The second-order valence-electron chi connectivity index (χ2n) is 5.56. The van der Waals surface area contributed by atoms with Gasteiger partial charge in [0.15, 0.2) is 11.6 Å². The van der Waals surface area contributed by atoms with E-state index in [1.807, 2.05) is 6.92 Å². The average Bonchev–Trinajstić information content (AvgIpc) is 2.96. The fraction of sp³-hybridized carbons (Fsp3) is 0.625. The van der Waals surface area contributed by atoms with Gasteiger partial charge in [-0.15, -0.1) is 0 Å². The maximum Gasteiger partial charge on any atom is 0.168 e. The van der Waals surface area contributed by atoms with Crippen molar-refractivity contribution in [1.82, 2.24) is 5.43 Å². The smallest absolute Gasteiger partial charge is 0.168 e.